The van der Waals surface area contributed by atoms with Gasteiger partial charge in [-0.2, -0.15) is 13.2 Å². The third-order valence-corrected chi connectivity index (χ3v) is 5.74. The zero-order valence-electron chi connectivity index (χ0n) is 19.8. The predicted octanol–water partition coefficient (Wildman–Crippen LogP) is 6.26. The Hall–Kier alpha value is -2.74. The van der Waals surface area contributed by atoms with E-state index < -0.39 is 11.7 Å². The zero-order valence-corrected chi connectivity index (χ0v) is 19.8. The summed E-state index contributed by atoms with van der Waals surface area (Å²) >= 11 is 0. The highest BCUT2D eigenvalue weighted by Crippen LogP contribution is 2.29. The molecule has 0 aromatic heterocycles. The normalized spacial score (nSPS) is 12.5. The summed E-state index contributed by atoms with van der Waals surface area (Å²) in [5, 5.41) is 2.89. The number of rotatable bonds is 11. The number of ether oxygens (including phenoxy) is 1. The SMILES string of the molecule is CCN(CC)CCCC(C)N(Cc1ccc(C(F)(F)F)cc1)C(=O)Nc1cccc(OC)c1. The second kappa shape index (κ2) is 12.5. The van der Waals surface area contributed by atoms with E-state index in [-0.39, 0.29) is 18.6 Å². The van der Waals surface area contributed by atoms with Gasteiger partial charge in [0.25, 0.3) is 0 Å². The van der Waals surface area contributed by atoms with Crippen molar-refractivity contribution in [2.45, 2.75) is 52.4 Å². The number of urea groups is 1. The number of nitrogens with one attached hydrogen (secondary N) is 1. The summed E-state index contributed by atoms with van der Waals surface area (Å²) < 4.78 is 44.0. The Balaban J connectivity index is 2.16. The van der Waals surface area contributed by atoms with Gasteiger partial charge >= 0.3 is 12.2 Å². The third kappa shape index (κ3) is 8.28. The third-order valence-electron chi connectivity index (χ3n) is 5.74. The molecule has 2 aromatic carbocycles. The van der Waals surface area contributed by atoms with Gasteiger partial charge in [0.05, 0.1) is 12.7 Å². The van der Waals surface area contributed by atoms with Crippen molar-refractivity contribution in [2.24, 2.45) is 0 Å². The van der Waals surface area contributed by atoms with E-state index in [1.807, 2.05) is 6.92 Å². The van der Waals surface area contributed by atoms with Crippen molar-refractivity contribution < 1.29 is 22.7 Å². The van der Waals surface area contributed by atoms with Crippen LogP contribution in [-0.2, 0) is 12.7 Å². The lowest BCUT2D eigenvalue weighted by molar-refractivity contribution is -0.137. The number of methoxy groups -OCH3 is 1. The van der Waals surface area contributed by atoms with Crippen LogP contribution in [0.3, 0.4) is 0 Å². The van der Waals surface area contributed by atoms with Crippen LogP contribution in [-0.4, -0.2) is 48.6 Å². The molecule has 0 aliphatic rings. The molecule has 0 spiro atoms. The van der Waals surface area contributed by atoms with Crippen molar-refractivity contribution in [1.29, 1.82) is 0 Å². The second-order valence-corrected chi connectivity index (χ2v) is 8.00. The minimum Gasteiger partial charge on any atom is -0.497 e. The van der Waals surface area contributed by atoms with E-state index in [9.17, 15) is 18.0 Å². The molecule has 0 aliphatic heterocycles. The van der Waals surface area contributed by atoms with Crippen LogP contribution in [0.15, 0.2) is 48.5 Å². The highest BCUT2D eigenvalue weighted by Gasteiger charge is 2.30. The molecule has 1 unspecified atom stereocenters. The smallest absolute Gasteiger partial charge is 0.416 e. The molecule has 0 bridgehead atoms. The standard InChI is InChI=1S/C25H34F3N3O2/c1-5-30(6-2)16-8-9-19(3)31(18-20-12-14-21(15-13-20)25(26,27)28)24(32)29-22-10-7-11-23(17-22)33-4/h7,10-15,17,19H,5-6,8-9,16,18H2,1-4H3,(H,29,32). The maximum atomic E-state index is 13.2. The number of carbonyl (C=O) groups is 1. The molecular weight excluding hydrogens is 431 g/mol. The molecule has 2 amide bonds. The number of amides is 2. The molecule has 5 nitrogen and oxygen atoms in total. The van der Waals surface area contributed by atoms with Crippen LogP contribution >= 0.6 is 0 Å². The van der Waals surface area contributed by atoms with Gasteiger partial charge in [0.15, 0.2) is 0 Å². The van der Waals surface area contributed by atoms with Gasteiger partial charge in [-0.1, -0.05) is 32.0 Å². The molecule has 0 fully saturated rings. The van der Waals surface area contributed by atoms with E-state index in [1.165, 1.54) is 12.1 Å². The summed E-state index contributed by atoms with van der Waals surface area (Å²) in [6.45, 7) is 9.28. The minimum atomic E-state index is -4.39. The van der Waals surface area contributed by atoms with Crippen molar-refractivity contribution in [1.82, 2.24) is 9.80 Å². The number of halogens is 3. The summed E-state index contributed by atoms with van der Waals surface area (Å²) in [7, 11) is 1.55. The molecule has 1 N–H and O–H groups in total. The lowest BCUT2D eigenvalue weighted by Crippen LogP contribution is -2.41. The number of hydrogen-bond acceptors (Lipinski definition) is 3. The molecule has 1 atom stereocenters. The van der Waals surface area contributed by atoms with Gasteiger partial charge in [0.2, 0.25) is 0 Å². The highest BCUT2D eigenvalue weighted by molar-refractivity contribution is 5.89. The summed E-state index contributed by atoms with van der Waals surface area (Å²) in [6, 6.07) is 11.6. The van der Waals surface area contributed by atoms with E-state index in [2.05, 4.69) is 24.1 Å². The molecule has 0 heterocycles. The molecule has 33 heavy (non-hydrogen) atoms. The molecule has 0 saturated heterocycles. The summed E-state index contributed by atoms with van der Waals surface area (Å²) in [5.41, 5.74) is 0.525. The van der Waals surface area contributed by atoms with E-state index in [0.29, 0.717) is 17.0 Å². The Morgan fingerprint density at radius 3 is 2.33 bits per heavy atom. The van der Waals surface area contributed by atoms with Crippen molar-refractivity contribution in [3.05, 3.63) is 59.7 Å². The molecule has 0 aliphatic carbocycles. The lowest BCUT2D eigenvalue weighted by Gasteiger charge is -2.30. The summed E-state index contributed by atoms with van der Waals surface area (Å²) in [4.78, 5) is 17.2. The maximum absolute atomic E-state index is 13.2. The molecule has 182 valence electrons. The fraction of sp³-hybridized carbons (Fsp3) is 0.480. The fourth-order valence-electron chi connectivity index (χ4n) is 3.63. The minimum absolute atomic E-state index is 0.103. The first kappa shape index (κ1) is 26.5. The molecule has 2 aromatic rings. The molecule has 8 heteroatoms. The van der Waals surface area contributed by atoms with E-state index in [4.69, 9.17) is 4.74 Å². The zero-order chi connectivity index (χ0) is 24.4. The van der Waals surface area contributed by atoms with Crippen LogP contribution < -0.4 is 10.1 Å². The Morgan fingerprint density at radius 2 is 1.76 bits per heavy atom. The van der Waals surface area contributed by atoms with Crippen molar-refractivity contribution in [2.75, 3.05) is 32.1 Å². The highest BCUT2D eigenvalue weighted by atomic mass is 19.4. The summed E-state index contributed by atoms with van der Waals surface area (Å²) in [5.74, 6) is 0.620. The van der Waals surface area contributed by atoms with Gasteiger partial charge in [-0.25, -0.2) is 4.79 Å². The van der Waals surface area contributed by atoms with Crippen LogP contribution in [0.25, 0.3) is 0 Å². The Bertz CT molecular complexity index is 868. The first-order valence-corrected chi connectivity index (χ1v) is 11.3. The fourth-order valence-corrected chi connectivity index (χ4v) is 3.63. The maximum Gasteiger partial charge on any atom is 0.416 e. The van der Waals surface area contributed by atoms with Gasteiger partial charge in [0.1, 0.15) is 5.75 Å². The van der Waals surface area contributed by atoms with E-state index in [1.54, 1.807) is 36.3 Å². The topological polar surface area (TPSA) is 44.8 Å². The number of nitrogens with zero attached hydrogens (tertiary/aromatic N) is 2. The number of carbonyl (C=O) groups excluding carboxylic acids is 1. The van der Waals surface area contributed by atoms with Gasteiger partial charge in [-0.15, -0.1) is 0 Å². The number of alkyl halides is 3. The van der Waals surface area contributed by atoms with Crippen molar-refractivity contribution in [3.8, 4) is 5.75 Å². The van der Waals surface area contributed by atoms with Crippen LogP contribution in [0.4, 0.5) is 23.7 Å². The number of hydrogen-bond donors (Lipinski definition) is 1. The summed E-state index contributed by atoms with van der Waals surface area (Å²) in [6.07, 6.45) is -2.69. The van der Waals surface area contributed by atoms with Crippen LogP contribution in [0, 0.1) is 0 Å². The largest absolute Gasteiger partial charge is 0.497 e. The van der Waals surface area contributed by atoms with Gasteiger partial charge in [-0.05, 0) is 69.2 Å². The molecule has 0 radical (unpaired) electrons. The Morgan fingerprint density at radius 1 is 1.09 bits per heavy atom. The Kier molecular flexibility index (Phi) is 10.0. The average Bonchev–Trinajstić information content (AvgIpc) is 2.80. The van der Waals surface area contributed by atoms with Crippen LogP contribution in [0.2, 0.25) is 0 Å². The van der Waals surface area contributed by atoms with Gasteiger partial charge in [-0.3, -0.25) is 0 Å². The monoisotopic (exact) mass is 465 g/mol. The first-order chi connectivity index (χ1) is 15.7. The first-order valence-electron chi connectivity index (χ1n) is 11.3. The molecule has 2 rings (SSSR count). The molecule has 0 saturated carbocycles. The number of anilines is 1. The van der Waals surface area contributed by atoms with Gasteiger partial charge < -0.3 is 19.9 Å². The lowest BCUT2D eigenvalue weighted by atomic mass is 10.1. The number of benzene rings is 2. The van der Waals surface area contributed by atoms with Crippen LogP contribution in [0.5, 0.6) is 5.75 Å². The average molecular weight is 466 g/mol. The Labute approximate surface area is 194 Å². The second-order valence-electron chi connectivity index (χ2n) is 8.00. The predicted molar refractivity (Wildman–Crippen MR) is 125 cm³/mol. The van der Waals surface area contributed by atoms with Gasteiger partial charge in [0, 0.05) is 24.3 Å². The van der Waals surface area contributed by atoms with E-state index in [0.717, 1.165) is 44.6 Å². The van der Waals surface area contributed by atoms with Crippen molar-refractivity contribution in [3.63, 3.8) is 0 Å². The van der Waals surface area contributed by atoms with E-state index >= 15 is 0 Å². The van der Waals surface area contributed by atoms with Crippen LogP contribution in [0.1, 0.15) is 44.7 Å². The molecular formula is C25H34F3N3O2. The van der Waals surface area contributed by atoms with Crippen molar-refractivity contribution >= 4 is 11.7 Å². The quantitative estimate of drug-likeness (QED) is 0.426.